The van der Waals surface area contributed by atoms with Crippen LogP contribution in [-0.4, -0.2) is 4.86 Å². The van der Waals surface area contributed by atoms with Gasteiger partial charge in [0.1, 0.15) is 0 Å². The van der Waals surface area contributed by atoms with Gasteiger partial charge in [0.05, 0.1) is 0 Å². The van der Waals surface area contributed by atoms with Crippen LogP contribution in [-0.2, 0) is 0 Å². The minimum atomic E-state index is 0.900. The molecular formula is C5H8S. The molecular weight excluding hydrogens is 92.1 g/mol. The molecule has 1 saturated carbocycles. The summed E-state index contributed by atoms with van der Waals surface area (Å²) in [7, 11) is 0. The van der Waals surface area contributed by atoms with Crippen LogP contribution in [0.4, 0.5) is 0 Å². The first-order valence-corrected chi connectivity index (χ1v) is 2.71. The second kappa shape index (κ2) is 1.30. The van der Waals surface area contributed by atoms with Crippen molar-refractivity contribution >= 4 is 17.1 Å². The van der Waals surface area contributed by atoms with Crippen LogP contribution in [0.5, 0.6) is 0 Å². The molecule has 0 saturated heterocycles. The van der Waals surface area contributed by atoms with Crippen LogP contribution in [0.3, 0.4) is 0 Å². The highest BCUT2D eigenvalue weighted by Crippen LogP contribution is 2.22. The van der Waals surface area contributed by atoms with E-state index in [2.05, 4.69) is 6.92 Å². The van der Waals surface area contributed by atoms with Crippen molar-refractivity contribution in [1.29, 1.82) is 0 Å². The Kier molecular flexibility index (Phi) is 0.922. The van der Waals surface area contributed by atoms with Crippen LogP contribution in [0, 0.1) is 5.92 Å². The molecule has 0 aromatic heterocycles. The minimum absolute atomic E-state index is 0.900. The molecule has 1 aliphatic rings. The molecule has 1 heteroatoms. The summed E-state index contributed by atoms with van der Waals surface area (Å²) in [5.41, 5.74) is 0. The van der Waals surface area contributed by atoms with Gasteiger partial charge in [-0.25, -0.2) is 0 Å². The van der Waals surface area contributed by atoms with E-state index in [-0.39, 0.29) is 0 Å². The topological polar surface area (TPSA) is 0 Å². The minimum Gasteiger partial charge on any atom is -0.0897 e. The van der Waals surface area contributed by atoms with Gasteiger partial charge >= 0.3 is 0 Å². The first kappa shape index (κ1) is 4.25. The highest BCUT2D eigenvalue weighted by atomic mass is 32.1. The largest absolute Gasteiger partial charge is 0.0897 e. The fourth-order valence-electron chi connectivity index (χ4n) is 0.718. The van der Waals surface area contributed by atoms with E-state index in [1.54, 1.807) is 0 Å². The lowest BCUT2D eigenvalue weighted by atomic mass is 9.87. The first-order chi connectivity index (χ1) is 2.79. The van der Waals surface area contributed by atoms with Gasteiger partial charge in [0, 0.05) is 0 Å². The van der Waals surface area contributed by atoms with Crippen molar-refractivity contribution in [3.63, 3.8) is 0 Å². The van der Waals surface area contributed by atoms with Crippen LogP contribution < -0.4 is 0 Å². The van der Waals surface area contributed by atoms with Gasteiger partial charge in [-0.3, -0.25) is 0 Å². The van der Waals surface area contributed by atoms with Gasteiger partial charge in [0.15, 0.2) is 0 Å². The van der Waals surface area contributed by atoms with Crippen LogP contribution in [0.1, 0.15) is 19.8 Å². The van der Waals surface area contributed by atoms with E-state index >= 15 is 0 Å². The summed E-state index contributed by atoms with van der Waals surface area (Å²) in [5.74, 6) is 0.900. The summed E-state index contributed by atoms with van der Waals surface area (Å²) < 4.78 is 0. The number of thiocarbonyl (C=S) groups is 1. The van der Waals surface area contributed by atoms with Crippen LogP contribution >= 0.6 is 12.2 Å². The summed E-state index contributed by atoms with van der Waals surface area (Å²) in [5, 5.41) is 0. The average Bonchev–Trinajstić information content (AvgIpc) is 1.33. The molecule has 0 atom stereocenters. The van der Waals surface area contributed by atoms with Gasteiger partial charge in [0.2, 0.25) is 0 Å². The Hall–Kier alpha value is 0.0900. The zero-order chi connectivity index (χ0) is 4.57. The molecule has 0 unspecified atom stereocenters. The van der Waals surface area contributed by atoms with Gasteiger partial charge in [-0.2, -0.15) is 0 Å². The molecule has 0 aromatic rings. The van der Waals surface area contributed by atoms with E-state index in [1.165, 1.54) is 17.7 Å². The third-order valence-electron chi connectivity index (χ3n) is 1.15. The maximum absolute atomic E-state index is 4.86. The van der Waals surface area contributed by atoms with E-state index in [9.17, 15) is 0 Å². The van der Waals surface area contributed by atoms with Crippen molar-refractivity contribution in [2.45, 2.75) is 19.8 Å². The Bertz CT molecular complexity index is 68.0. The molecule has 1 fully saturated rings. The van der Waals surface area contributed by atoms with Crippen LogP contribution in [0.2, 0.25) is 0 Å². The van der Waals surface area contributed by atoms with Gasteiger partial charge in [-0.05, 0) is 23.6 Å². The molecule has 0 heterocycles. The van der Waals surface area contributed by atoms with Crippen molar-refractivity contribution in [2.75, 3.05) is 0 Å². The molecule has 0 aromatic carbocycles. The monoisotopic (exact) mass is 100 g/mol. The van der Waals surface area contributed by atoms with E-state index in [1.807, 2.05) is 0 Å². The van der Waals surface area contributed by atoms with Gasteiger partial charge in [0.25, 0.3) is 0 Å². The molecule has 1 aliphatic carbocycles. The molecule has 0 bridgehead atoms. The second-order valence-electron chi connectivity index (χ2n) is 2.05. The molecule has 0 spiro atoms. The summed E-state index contributed by atoms with van der Waals surface area (Å²) in [6.07, 6.45) is 2.41. The van der Waals surface area contributed by atoms with Crippen molar-refractivity contribution in [1.82, 2.24) is 0 Å². The quantitative estimate of drug-likeness (QED) is 0.418. The summed E-state index contributed by atoms with van der Waals surface area (Å²) in [6, 6.07) is 0. The molecule has 0 amide bonds. The average molecular weight is 100 g/mol. The fraction of sp³-hybridized carbons (Fsp3) is 0.800. The second-order valence-corrected chi connectivity index (χ2v) is 2.63. The molecule has 0 aliphatic heterocycles. The van der Waals surface area contributed by atoms with Gasteiger partial charge in [-0.1, -0.05) is 19.1 Å². The molecule has 34 valence electrons. The van der Waals surface area contributed by atoms with E-state index < -0.39 is 0 Å². The Morgan fingerprint density at radius 2 is 2.17 bits per heavy atom. The Morgan fingerprint density at radius 3 is 2.17 bits per heavy atom. The molecule has 0 radical (unpaired) electrons. The highest BCUT2D eigenvalue weighted by molar-refractivity contribution is 7.80. The van der Waals surface area contributed by atoms with E-state index in [4.69, 9.17) is 12.2 Å². The normalized spacial score (nSPS) is 23.8. The third-order valence-corrected chi connectivity index (χ3v) is 1.49. The van der Waals surface area contributed by atoms with Crippen molar-refractivity contribution in [3.8, 4) is 0 Å². The van der Waals surface area contributed by atoms with Crippen molar-refractivity contribution < 1.29 is 0 Å². The fourth-order valence-corrected chi connectivity index (χ4v) is 1.29. The van der Waals surface area contributed by atoms with Crippen molar-refractivity contribution in [3.05, 3.63) is 0 Å². The summed E-state index contributed by atoms with van der Waals surface area (Å²) in [4.78, 5) is 1.27. The lowest BCUT2D eigenvalue weighted by Gasteiger charge is -2.21. The van der Waals surface area contributed by atoms with Gasteiger partial charge in [-0.15, -0.1) is 0 Å². The summed E-state index contributed by atoms with van der Waals surface area (Å²) >= 11 is 4.86. The Balaban J connectivity index is 2.28. The van der Waals surface area contributed by atoms with Gasteiger partial charge < -0.3 is 0 Å². The Labute approximate surface area is 43.6 Å². The number of rotatable bonds is 0. The van der Waals surface area contributed by atoms with Crippen LogP contribution in [0.15, 0.2) is 0 Å². The maximum Gasteiger partial charge on any atom is -0.00660 e. The summed E-state index contributed by atoms with van der Waals surface area (Å²) in [6.45, 7) is 2.23. The van der Waals surface area contributed by atoms with E-state index in [0.29, 0.717) is 0 Å². The predicted octanol–water partition coefficient (Wildman–Crippen LogP) is 1.79. The SMILES string of the molecule is CC1CC(=S)C1. The standard InChI is InChI=1S/C5H8S/c1-4-2-5(6)3-4/h4H,2-3H2,1H3. The van der Waals surface area contributed by atoms with Crippen molar-refractivity contribution in [2.24, 2.45) is 5.92 Å². The first-order valence-electron chi connectivity index (χ1n) is 2.31. The van der Waals surface area contributed by atoms with E-state index in [0.717, 1.165) is 5.92 Å². The maximum atomic E-state index is 4.86. The smallest absolute Gasteiger partial charge is 0.00660 e. The number of hydrogen-bond donors (Lipinski definition) is 0. The predicted molar refractivity (Wildman–Crippen MR) is 31.0 cm³/mol. The third kappa shape index (κ3) is 0.597. The molecule has 0 N–H and O–H groups in total. The lowest BCUT2D eigenvalue weighted by molar-refractivity contribution is 0.567. The molecule has 1 rings (SSSR count). The molecule has 0 nitrogen and oxygen atoms in total. The highest BCUT2D eigenvalue weighted by Gasteiger charge is 2.16. The lowest BCUT2D eigenvalue weighted by Crippen LogP contribution is -2.17. The zero-order valence-electron chi connectivity index (χ0n) is 3.90. The molecule has 6 heavy (non-hydrogen) atoms. The number of hydrogen-bond acceptors (Lipinski definition) is 1. The van der Waals surface area contributed by atoms with Crippen LogP contribution in [0.25, 0.3) is 0 Å². The zero-order valence-corrected chi connectivity index (χ0v) is 4.72. The Morgan fingerprint density at radius 1 is 1.67 bits per heavy atom.